The number of piperazine rings is 1. The Bertz CT molecular complexity index is 1060. The van der Waals surface area contributed by atoms with E-state index in [1.807, 2.05) is 55.1 Å². The minimum absolute atomic E-state index is 0.107. The lowest BCUT2D eigenvalue weighted by Crippen LogP contribution is -2.53. The average Bonchev–Trinajstić information content (AvgIpc) is 3.28. The molecule has 1 amide bonds. The standard InChI is InChI=1S/C24H31N3O4S/c1-3-31-22-10-8-21(9-11-22)25-24(28)18(2)26-13-15-27(16-14-26)32(29,30)23-12-7-19-5-4-6-20(19)17-23/h7-12,17-18H,3-6,13-16H2,1-2H3,(H,25,28)/t18-/m1/s1. The van der Waals surface area contributed by atoms with Crippen LogP contribution in [0.4, 0.5) is 5.69 Å². The summed E-state index contributed by atoms with van der Waals surface area (Å²) in [5.74, 6) is 0.656. The van der Waals surface area contributed by atoms with Gasteiger partial charge in [-0.15, -0.1) is 0 Å². The summed E-state index contributed by atoms with van der Waals surface area (Å²) in [4.78, 5) is 15.1. The number of fused-ring (bicyclic) bond motifs is 1. The van der Waals surface area contributed by atoms with Gasteiger partial charge in [0.15, 0.2) is 0 Å². The van der Waals surface area contributed by atoms with Crippen molar-refractivity contribution in [3.8, 4) is 5.75 Å². The van der Waals surface area contributed by atoms with E-state index in [0.717, 1.165) is 30.6 Å². The van der Waals surface area contributed by atoms with Gasteiger partial charge in [-0.25, -0.2) is 8.42 Å². The number of carbonyl (C=O) groups excluding carboxylic acids is 1. The van der Waals surface area contributed by atoms with E-state index >= 15 is 0 Å². The van der Waals surface area contributed by atoms with Gasteiger partial charge in [-0.1, -0.05) is 6.07 Å². The normalized spacial score (nSPS) is 18.2. The summed E-state index contributed by atoms with van der Waals surface area (Å²) in [7, 11) is -3.52. The largest absolute Gasteiger partial charge is 0.494 e. The molecule has 1 aliphatic heterocycles. The van der Waals surface area contributed by atoms with Crippen molar-refractivity contribution in [2.75, 3.05) is 38.1 Å². The zero-order valence-electron chi connectivity index (χ0n) is 18.7. The highest BCUT2D eigenvalue weighted by Gasteiger charge is 2.32. The number of benzene rings is 2. The van der Waals surface area contributed by atoms with Gasteiger partial charge in [0.25, 0.3) is 0 Å². The van der Waals surface area contributed by atoms with E-state index in [2.05, 4.69) is 5.32 Å². The molecule has 0 unspecified atom stereocenters. The van der Waals surface area contributed by atoms with Crippen LogP contribution < -0.4 is 10.1 Å². The molecule has 32 heavy (non-hydrogen) atoms. The smallest absolute Gasteiger partial charge is 0.243 e. The molecule has 2 aliphatic rings. The van der Waals surface area contributed by atoms with E-state index in [1.54, 1.807) is 6.07 Å². The highest BCUT2D eigenvalue weighted by Crippen LogP contribution is 2.27. The maximum atomic E-state index is 13.1. The second-order valence-electron chi connectivity index (χ2n) is 8.35. The van der Waals surface area contributed by atoms with Gasteiger partial charge >= 0.3 is 0 Å². The van der Waals surface area contributed by atoms with Crippen LogP contribution >= 0.6 is 0 Å². The molecule has 7 nitrogen and oxygen atoms in total. The molecule has 1 saturated heterocycles. The number of aryl methyl sites for hydroxylation is 2. The maximum Gasteiger partial charge on any atom is 0.243 e. The molecular weight excluding hydrogens is 426 g/mol. The van der Waals surface area contributed by atoms with Crippen LogP contribution in [0.25, 0.3) is 0 Å². The first-order chi connectivity index (χ1) is 15.4. The van der Waals surface area contributed by atoms with E-state index < -0.39 is 10.0 Å². The molecule has 1 aliphatic carbocycles. The van der Waals surface area contributed by atoms with Gasteiger partial charge in [-0.3, -0.25) is 9.69 Å². The molecule has 4 rings (SSSR count). The molecular formula is C24H31N3O4S. The molecule has 0 bridgehead atoms. The Kier molecular flexibility index (Phi) is 6.83. The van der Waals surface area contributed by atoms with Crippen LogP contribution in [0.5, 0.6) is 5.75 Å². The lowest BCUT2D eigenvalue weighted by atomic mass is 10.1. The minimum Gasteiger partial charge on any atom is -0.494 e. The second kappa shape index (κ2) is 9.60. The summed E-state index contributed by atoms with van der Waals surface area (Å²) >= 11 is 0. The molecule has 2 aromatic carbocycles. The molecule has 8 heteroatoms. The molecule has 0 saturated carbocycles. The van der Waals surface area contributed by atoms with E-state index in [4.69, 9.17) is 4.74 Å². The van der Waals surface area contributed by atoms with Crippen molar-refractivity contribution in [1.82, 2.24) is 9.21 Å². The molecule has 1 atom stereocenters. The van der Waals surface area contributed by atoms with Crippen molar-refractivity contribution in [2.24, 2.45) is 0 Å². The average molecular weight is 458 g/mol. The number of rotatable bonds is 7. The minimum atomic E-state index is -3.52. The summed E-state index contributed by atoms with van der Waals surface area (Å²) in [6, 6.07) is 12.5. The van der Waals surface area contributed by atoms with Crippen LogP contribution in [0.1, 0.15) is 31.4 Å². The van der Waals surface area contributed by atoms with Gasteiger partial charge in [0.1, 0.15) is 5.75 Å². The SMILES string of the molecule is CCOc1ccc(NC(=O)[C@@H](C)N2CCN(S(=O)(=O)c3ccc4c(c3)CCC4)CC2)cc1. The van der Waals surface area contributed by atoms with Gasteiger partial charge in [-0.05, 0) is 80.6 Å². The van der Waals surface area contributed by atoms with Crippen LogP contribution in [0, 0.1) is 0 Å². The van der Waals surface area contributed by atoms with E-state index in [0.29, 0.717) is 43.4 Å². The number of carbonyl (C=O) groups is 1. The molecule has 1 heterocycles. The third-order valence-corrected chi connectivity index (χ3v) is 8.24. The van der Waals surface area contributed by atoms with Crippen LogP contribution in [0.2, 0.25) is 0 Å². The summed E-state index contributed by atoms with van der Waals surface area (Å²) in [5.41, 5.74) is 3.13. The lowest BCUT2D eigenvalue weighted by Gasteiger charge is -2.36. The molecule has 0 spiro atoms. The number of amides is 1. The van der Waals surface area contributed by atoms with Gasteiger partial charge in [0.05, 0.1) is 17.5 Å². The Morgan fingerprint density at radius 1 is 1.03 bits per heavy atom. The predicted octanol–water partition coefficient (Wildman–Crippen LogP) is 2.91. The fourth-order valence-corrected chi connectivity index (χ4v) is 5.88. The summed E-state index contributed by atoms with van der Waals surface area (Å²) in [6.07, 6.45) is 3.08. The third-order valence-electron chi connectivity index (χ3n) is 6.34. The highest BCUT2D eigenvalue weighted by atomic mass is 32.2. The third kappa shape index (κ3) is 4.82. The molecule has 172 valence electrons. The Hall–Kier alpha value is -2.42. The Morgan fingerprint density at radius 2 is 1.72 bits per heavy atom. The van der Waals surface area contributed by atoms with Gasteiger partial charge in [0, 0.05) is 31.9 Å². The number of hydrogen-bond donors (Lipinski definition) is 1. The van der Waals surface area contributed by atoms with Gasteiger partial charge in [-0.2, -0.15) is 4.31 Å². The summed E-state index contributed by atoms with van der Waals surface area (Å²) in [5, 5.41) is 2.93. The zero-order valence-corrected chi connectivity index (χ0v) is 19.5. The maximum absolute atomic E-state index is 13.1. The highest BCUT2D eigenvalue weighted by molar-refractivity contribution is 7.89. The van der Waals surface area contributed by atoms with Gasteiger partial charge < -0.3 is 10.1 Å². The first-order valence-electron chi connectivity index (χ1n) is 11.3. The topological polar surface area (TPSA) is 79.0 Å². The number of anilines is 1. The van der Waals surface area contributed by atoms with Gasteiger partial charge in [0.2, 0.25) is 15.9 Å². The Morgan fingerprint density at radius 3 is 2.41 bits per heavy atom. The fraction of sp³-hybridized carbons (Fsp3) is 0.458. The second-order valence-corrected chi connectivity index (χ2v) is 10.3. The van der Waals surface area contributed by atoms with Crippen LogP contribution in [0.15, 0.2) is 47.4 Å². The van der Waals surface area contributed by atoms with Crippen molar-refractivity contribution in [3.05, 3.63) is 53.6 Å². The van der Waals surface area contributed by atoms with Crippen LogP contribution in [-0.4, -0.2) is 62.4 Å². The Labute approximate surface area is 190 Å². The first-order valence-corrected chi connectivity index (χ1v) is 12.7. The monoisotopic (exact) mass is 457 g/mol. The van der Waals surface area contributed by atoms with Crippen molar-refractivity contribution in [1.29, 1.82) is 0 Å². The summed E-state index contributed by atoms with van der Waals surface area (Å²) in [6.45, 7) is 6.16. The number of hydrogen-bond acceptors (Lipinski definition) is 5. The van der Waals surface area contributed by atoms with E-state index in [9.17, 15) is 13.2 Å². The number of sulfonamides is 1. The van der Waals surface area contributed by atoms with Crippen molar-refractivity contribution in [3.63, 3.8) is 0 Å². The summed E-state index contributed by atoms with van der Waals surface area (Å²) < 4.78 is 33.2. The lowest BCUT2D eigenvalue weighted by molar-refractivity contribution is -0.121. The van der Waals surface area contributed by atoms with Crippen molar-refractivity contribution in [2.45, 2.75) is 44.0 Å². The molecule has 0 aromatic heterocycles. The molecule has 1 N–H and O–H groups in total. The zero-order chi connectivity index (χ0) is 22.7. The van der Waals surface area contributed by atoms with Crippen LogP contribution in [-0.2, 0) is 27.7 Å². The number of ether oxygens (including phenoxy) is 1. The number of nitrogens with zero attached hydrogens (tertiary/aromatic N) is 2. The van der Waals surface area contributed by atoms with Crippen molar-refractivity contribution >= 4 is 21.6 Å². The van der Waals surface area contributed by atoms with E-state index in [-0.39, 0.29) is 11.9 Å². The quantitative estimate of drug-likeness (QED) is 0.692. The molecule has 2 aromatic rings. The molecule has 1 fully saturated rings. The Balaban J connectivity index is 1.33. The van der Waals surface area contributed by atoms with E-state index in [1.165, 1.54) is 9.87 Å². The van der Waals surface area contributed by atoms with Crippen molar-refractivity contribution < 1.29 is 17.9 Å². The first kappa shape index (κ1) is 22.8. The fourth-order valence-electron chi connectivity index (χ4n) is 4.40. The molecule has 0 radical (unpaired) electrons. The van der Waals surface area contributed by atoms with Crippen LogP contribution in [0.3, 0.4) is 0 Å². The number of nitrogens with one attached hydrogen (secondary N) is 1. The predicted molar refractivity (Wildman–Crippen MR) is 125 cm³/mol.